The highest BCUT2D eigenvalue weighted by Gasteiger charge is 2.49. The van der Waals surface area contributed by atoms with Crippen molar-refractivity contribution in [1.29, 1.82) is 0 Å². The number of benzene rings is 1. The number of thiazole rings is 5. The van der Waals surface area contributed by atoms with Crippen LogP contribution in [0.3, 0.4) is 0 Å². The number of carbonyl (C=O) groups is 8. The third-order valence-electron chi connectivity index (χ3n) is 15.9. The number of methoxy groups -OCH3 is 1. The van der Waals surface area contributed by atoms with E-state index < -0.39 is 138 Å². The summed E-state index contributed by atoms with van der Waals surface area (Å²) in [6.07, 6.45) is -9.44. The quantitative estimate of drug-likeness (QED) is 0.0426. The summed E-state index contributed by atoms with van der Waals surface area (Å²) >= 11 is 4.28. The minimum atomic E-state index is -1.92. The van der Waals surface area contributed by atoms with E-state index in [0.717, 1.165) is 56.7 Å². The number of amides is 6. The van der Waals surface area contributed by atoms with Gasteiger partial charge >= 0.3 is 11.9 Å². The van der Waals surface area contributed by atoms with Crippen LogP contribution in [0.25, 0.3) is 49.3 Å². The first-order chi connectivity index (χ1) is 45.8. The van der Waals surface area contributed by atoms with Crippen molar-refractivity contribution >= 4 is 121 Å². The summed E-state index contributed by atoms with van der Waals surface area (Å²) in [6, 6.07) is 1.85. The van der Waals surface area contributed by atoms with Crippen LogP contribution in [0.15, 0.2) is 69.2 Å². The molecule has 12 bridgehead atoms. The second kappa shape index (κ2) is 26.6. The molecule has 1 saturated heterocycles. The first-order valence-corrected chi connectivity index (χ1v) is 33.2. The monoisotopic (exact) mass is 1410 g/mol. The topological polar surface area (TPSA) is 453 Å². The van der Waals surface area contributed by atoms with E-state index in [1.165, 1.54) is 66.1 Å². The number of esters is 2. The number of fused-ring (bicyclic) bond motifs is 15. The Hall–Kier alpha value is -9.54. The summed E-state index contributed by atoms with van der Waals surface area (Å²) in [4.78, 5) is 142. The van der Waals surface area contributed by atoms with E-state index in [0.29, 0.717) is 4.73 Å². The van der Waals surface area contributed by atoms with E-state index in [2.05, 4.69) is 53.4 Å². The molecule has 11 heterocycles. The fraction of sp³-hybridized carbons (Fsp3) is 0.322. The first-order valence-electron chi connectivity index (χ1n) is 28.8. The van der Waals surface area contributed by atoms with Crippen molar-refractivity contribution in [3.8, 4) is 38.4 Å². The lowest BCUT2D eigenvalue weighted by atomic mass is 9.86. The Kier molecular flexibility index (Phi) is 18.4. The Bertz CT molecular complexity index is 4550. The van der Waals surface area contributed by atoms with Gasteiger partial charge in [0.05, 0.1) is 48.8 Å². The summed E-state index contributed by atoms with van der Waals surface area (Å²) in [5, 5.41) is 69.5. The fourth-order valence-corrected chi connectivity index (χ4v) is 15.3. The lowest BCUT2D eigenvalue weighted by molar-refractivity contribution is -0.272. The second-order valence-electron chi connectivity index (χ2n) is 22.3. The van der Waals surface area contributed by atoms with E-state index in [-0.39, 0.29) is 110 Å². The smallest absolute Gasteiger partial charge is 0.361 e. The Balaban J connectivity index is 1.05. The van der Waals surface area contributed by atoms with Crippen LogP contribution in [0.2, 0.25) is 0 Å². The third-order valence-corrected chi connectivity index (χ3v) is 20.3. The number of rotatable bonds is 9. The maximum Gasteiger partial charge on any atom is 0.361 e. The maximum atomic E-state index is 15.3. The van der Waals surface area contributed by atoms with Crippen molar-refractivity contribution in [2.75, 3.05) is 14.2 Å². The average molecular weight is 1410 g/mol. The molecule has 32 nitrogen and oxygen atoms in total. The number of nitrogens with two attached hydrogens (primary N) is 1. The van der Waals surface area contributed by atoms with Crippen LogP contribution in [-0.4, -0.2) is 165 Å². The molecule has 0 spiro atoms. The standard InChI is InChI=1S/C59H56N14O18S5/c1-20(45(60)76)62-46(77)28-17-94-54(66-28)39-33(75)11-25-38(68-39)27-15-96-56(63-27)51-72-49(80)31-19-95-55(67-31)40(71-48(79)30-18-93-53(65-30)37(22(3)86-7)70-50(81)36(21(2)74)69-47(78)29-16-92-52(25)64-29)42-43(90-34-12-59(5,84)44(61-6)23(4)89-34)58(83)88-13-24-9-8-10-32-35(24)26(14-87-42)41(73(32)85)57(82)91-51/h8-11,15-19,21,23,34,36,40,42-44,51,61,74-75,84-85H,1,12-14H2,2-7H3,(H2,60,76)(H,62,77)(H,69,78)(H,70,81)(H,71,79)(H,72,80). The Labute approximate surface area is 561 Å². The molecule has 4 aliphatic heterocycles. The molecule has 37 heteroatoms. The number of nitrogens with zero attached hydrogens (tertiary/aromatic N) is 7. The molecule has 500 valence electrons. The predicted octanol–water partition coefficient (Wildman–Crippen LogP) is 3.51. The normalized spacial score (nSPS) is 24.1. The number of aromatic hydroxyl groups is 1. The van der Waals surface area contributed by atoms with Crippen LogP contribution in [0, 0.1) is 0 Å². The zero-order valence-corrected chi connectivity index (χ0v) is 55.1. The highest BCUT2D eigenvalue weighted by atomic mass is 32.1. The zero-order valence-electron chi connectivity index (χ0n) is 51.0. The number of cyclic esters (lactones) is 1. The number of hydrogen-bond acceptors (Lipinski definition) is 30. The van der Waals surface area contributed by atoms with Crippen LogP contribution >= 0.6 is 56.7 Å². The van der Waals surface area contributed by atoms with Gasteiger partial charge in [0.2, 0.25) is 12.1 Å². The van der Waals surface area contributed by atoms with Crippen LogP contribution in [0.1, 0.15) is 125 Å². The lowest BCUT2D eigenvalue weighted by Gasteiger charge is -2.45. The lowest BCUT2D eigenvalue weighted by Crippen LogP contribution is -2.61. The van der Waals surface area contributed by atoms with Crippen molar-refractivity contribution in [3.63, 3.8) is 0 Å². The molecule has 10 unspecified atom stereocenters. The van der Waals surface area contributed by atoms with E-state index in [9.17, 15) is 44.5 Å². The van der Waals surface area contributed by atoms with Crippen LogP contribution in [0.5, 0.6) is 5.75 Å². The molecule has 6 amide bonds. The highest BCUT2D eigenvalue weighted by Crippen LogP contribution is 2.43. The molecular formula is C59H56N14O18S5. The molecule has 12 N–H and O–H groups in total. The summed E-state index contributed by atoms with van der Waals surface area (Å²) in [7, 11) is 2.94. The van der Waals surface area contributed by atoms with Gasteiger partial charge in [-0.15, -0.1) is 56.7 Å². The number of nitrogens with one attached hydrogen (secondary N) is 6. The van der Waals surface area contributed by atoms with Gasteiger partial charge < -0.3 is 86.6 Å². The largest absolute Gasteiger partial charge is 0.506 e. The molecule has 96 heavy (non-hydrogen) atoms. The predicted molar refractivity (Wildman–Crippen MR) is 341 cm³/mol. The van der Waals surface area contributed by atoms with Gasteiger partial charge in [-0.3, -0.25) is 28.8 Å². The number of carbonyl (C=O) groups excluding carboxylic acids is 8. The molecule has 8 aromatic rings. The van der Waals surface area contributed by atoms with Gasteiger partial charge in [0.1, 0.15) is 102 Å². The number of pyridine rings is 1. The minimum Gasteiger partial charge on any atom is -0.506 e. The number of aliphatic hydroxyl groups is 2. The molecular weight excluding hydrogens is 1350 g/mol. The average Bonchev–Trinajstić information content (AvgIpc) is 1.60. The van der Waals surface area contributed by atoms with Gasteiger partial charge in [0.25, 0.3) is 29.5 Å². The second-order valence-corrected chi connectivity index (χ2v) is 26.7. The maximum absolute atomic E-state index is 15.3. The number of likely N-dealkylation sites (N-methyl/N-ethyl adjacent to an activating group) is 1. The summed E-state index contributed by atoms with van der Waals surface area (Å²) in [5.74, 6) is -8.57. The fourth-order valence-electron chi connectivity index (χ4n) is 11.1. The Morgan fingerprint density at radius 3 is 2.25 bits per heavy atom. The summed E-state index contributed by atoms with van der Waals surface area (Å²) in [5.41, 5.74) is 1.49. The van der Waals surface area contributed by atoms with Crippen LogP contribution < -0.4 is 37.6 Å². The number of aliphatic hydroxyl groups excluding tert-OH is 1. The number of ether oxygens (including phenoxy) is 6. The zero-order chi connectivity index (χ0) is 68.3. The van der Waals surface area contributed by atoms with Gasteiger partial charge in [-0.05, 0) is 52.4 Å². The van der Waals surface area contributed by atoms with E-state index in [4.69, 9.17) is 49.1 Å². The Morgan fingerprint density at radius 1 is 0.865 bits per heavy atom. The van der Waals surface area contributed by atoms with Gasteiger partial charge in [0, 0.05) is 49.8 Å². The number of primary amides is 1. The molecule has 0 aliphatic carbocycles. The number of hydrogen-bond donors (Lipinski definition) is 11. The van der Waals surface area contributed by atoms with Crippen LogP contribution in [0.4, 0.5) is 0 Å². The summed E-state index contributed by atoms with van der Waals surface area (Å²) in [6.45, 7) is 8.23. The van der Waals surface area contributed by atoms with Gasteiger partial charge in [-0.25, -0.2) is 39.5 Å². The molecule has 10 atom stereocenters. The minimum absolute atomic E-state index is 0.0124. The number of allylic oxidation sites excluding steroid dienone is 1. The van der Waals surface area contributed by atoms with Crippen LogP contribution in [-0.2, 0) is 56.0 Å². The molecule has 0 radical (unpaired) electrons. The number of aromatic nitrogens is 7. The van der Waals surface area contributed by atoms with Gasteiger partial charge in [-0.2, -0.15) is 4.73 Å². The van der Waals surface area contributed by atoms with Gasteiger partial charge in [0.15, 0.2) is 23.1 Å². The third kappa shape index (κ3) is 12.8. The van der Waals surface area contributed by atoms with E-state index >= 15 is 14.4 Å². The van der Waals surface area contributed by atoms with Crippen molar-refractivity contribution < 1.29 is 87.3 Å². The molecule has 7 aromatic heterocycles. The van der Waals surface area contributed by atoms with E-state index in [1.807, 2.05) is 0 Å². The van der Waals surface area contributed by atoms with Crippen molar-refractivity contribution in [3.05, 3.63) is 124 Å². The first kappa shape index (κ1) is 66.5. The molecule has 12 rings (SSSR count). The highest BCUT2D eigenvalue weighted by molar-refractivity contribution is 7.14. The molecule has 4 aliphatic rings. The van der Waals surface area contributed by atoms with Crippen molar-refractivity contribution in [2.45, 2.75) is 108 Å². The van der Waals surface area contributed by atoms with Crippen molar-refractivity contribution in [1.82, 2.24) is 66.5 Å². The molecule has 1 fully saturated rings. The SMILES string of the molecule is C=C(NC(=O)c1csc(-c2nc3c(cc2O)-c2nc(cs2)C(=O)NC(C(C)O)C(=O)NC(=C(C)OC)c2nc(cs2)C(=O)NC2c4nc(cs4)C(=O)NC(OC(=O)c4c5c6c(cccc6n4O)COC(=O)C(OC4CC(C)(O)C(NC)C(C)O4)C2OC5)c2nc-3cs2)n1)C(N)=O. The van der Waals surface area contributed by atoms with Crippen molar-refractivity contribution in [2.24, 2.45) is 5.73 Å². The Morgan fingerprint density at radius 2 is 1.53 bits per heavy atom. The summed E-state index contributed by atoms with van der Waals surface area (Å²) < 4.78 is 38.1. The molecule has 0 saturated carbocycles. The van der Waals surface area contributed by atoms with E-state index in [1.54, 1.807) is 27.0 Å². The molecule has 1 aromatic carbocycles. The van der Waals surface area contributed by atoms with Gasteiger partial charge in [-0.1, -0.05) is 18.7 Å².